The largest absolute Gasteiger partial charge is 0.388 e. The number of aliphatic hydroxyl groups is 1. The van der Waals surface area contributed by atoms with E-state index in [4.69, 9.17) is 0 Å². The lowest BCUT2D eigenvalue weighted by Gasteiger charge is -2.32. The maximum atomic E-state index is 11.9. The molecule has 1 amide bonds. The summed E-state index contributed by atoms with van der Waals surface area (Å²) in [7, 11) is 0. The van der Waals surface area contributed by atoms with E-state index in [1.807, 2.05) is 11.8 Å². The molecule has 1 saturated carbocycles. The minimum absolute atomic E-state index is 0.133. The molecule has 0 atom stereocenters. The summed E-state index contributed by atoms with van der Waals surface area (Å²) in [5.41, 5.74) is -0.645. The van der Waals surface area contributed by atoms with Crippen LogP contribution >= 0.6 is 11.8 Å². The minimum atomic E-state index is -0.645. The van der Waals surface area contributed by atoms with Crippen molar-refractivity contribution in [2.24, 2.45) is 5.92 Å². The van der Waals surface area contributed by atoms with E-state index in [2.05, 4.69) is 5.32 Å². The van der Waals surface area contributed by atoms with E-state index >= 15 is 0 Å². The highest BCUT2D eigenvalue weighted by Crippen LogP contribution is 2.27. The monoisotopic (exact) mass is 271 g/mol. The zero-order valence-electron chi connectivity index (χ0n) is 11.1. The van der Waals surface area contributed by atoms with Gasteiger partial charge < -0.3 is 10.4 Å². The summed E-state index contributed by atoms with van der Waals surface area (Å²) in [5, 5.41) is 13.2. The van der Waals surface area contributed by atoms with Gasteiger partial charge in [0.15, 0.2) is 0 Å². The second-order valence-electron chi connectivity index (χ2n) is 5.82. The molecular weight excluding hydrogens is 246 g/mol. The van der Waals surface area contributed by atoms with Crippen LogP contribution in [0.5, 0.6) is 0 Å². The number of rotatable bonds is 4. The first-order valence-electron chi connectivity index (χ1n) is 7.25. The Morgan fingerprint density at radius 1 is 1.22 bits per heavy atom. The number of hydrogen-bond acceptors (Lipinski definition) is 3. The molecule has 0 unspecified atom stereocenters. The summed E-state index contributed by atoms with van der Waals surface area (Å²) >= 11 is 1.89. The first-order chi connectivity index (χ1) is 8.68. The average Bonchev–Trinajstić information content (AvgIpc) is 2.39. The van der Waals surface area contributed by atoms with Crippen molar-refractivity contribution in [2.45, 2.75) is 57.0 Å². The van der Waals surface area contributed by atoms with Gasteiger partial charge in [0, 0.05) is 13.0 Å². The Morgan fingerprint density at radius 3 is 2.56 bits per heavy atom. The Kier molecular flexibility index (Phi) is 5.37. The lowest BCUT2D eigenvalue weighted by Crippen LogP contribution is -2.45. The van der Waals surface area contributed by atoms with Crippen molar-refractivity contribution in [3.63, 3.8) is 0 Å². The zero-order chi connectivity index (χ0) is 12.8. The zero-order valence-corrected chi connectivity index (χ0v) is 11.9. The van der Waals surface area contributed by atoms with Crippen LogP contribution in [0.3, 0.4) is 0 Å². The molecule has 0 aromatic heterocycles. The molecule has 1 aliphatic carbocycles. The van der Waals surface area contributed by atoms with Crippen molar-refractivity contribution < 1.29 is 9.90 Å². The van der Waals surface area contributed by atoms with Crippen LogP contribution in [0.15, 0.2) is 0 Å². The number of nitrogens with one attached hydrogen (secondary N) is 1. The average molecular weight is 271 g/mol. The van der Waals surface area contributed by atoms with Gasteiger partial charge >= 0.3 is 0 Å². The summed E-state index contributed by atoms with van der Waals surface area (Å²) in [6, 6.07) is 0. The Hall–Kier alpha value is -0.220. The molecule has 2 fully saturated rings. The molecule has 1 aliphatic heterocycles. The Morgan fingerprint density at radius 2 is 1.89 bits per heavy atom. The Balaban J connectivity index is 1.67. The number of carbonyl (C=O) groups is 1. The smallest absolute Gasteiger partial charge is 0.220 e. The van der Waals surface area contributed by atoms with E-state index < -0.39 is 5.60 Å². The van der Waals surface area contributed by atoms with Crippen molar-refractivity contribution in [3.05, 3.63) is 0 Å². The summed E-state index contributed by atoms with van der Waals surface area (Å²) in [4.78, 5) is 11.9. The van der Waals surface area contributed by atoms with Crippen molar-refractivity contribution in [2.75, 3.05) is 18.1 Å². The lowest BCUT2D eigenvalue weighted by atomic mass is 9.87. The van der Waals surface area contributed by atoms with Crippen molar-refractivity contribution in [1.29, 1.82) is 0 Å². The molecule has 0 spiro atoms. The van der Waals surface area contributed by atoms with E-state index in [0.29, 0.717) is 18.9 Å². The van der Waals surface area contributed by atoms with Gasteiger partial charge in [-0.1, -0.05) is 19.3 Å². The molecule has 2 rings (SSSR count). The molecule has 4 heteroatoms. The highest BCUT2D eigenvalue weighted by atomic mass is 32.2. The van der Waals surface area contributed by atoms with E-state index in [-0.39, 0.29) is 5.91 Å². The number of carbonyl (C=O) groups excluding carboxylic acids is 1. The van der Waals surface area contributed by atoms with Gasteiger partial charge in [0.2, 0.25) is 5.91 Å². The fraction of sp³-hybridized carbons (Fsp3) is 0.929. The van der Waals surface area contributed by atoms with Gasteiger partial charge in [-0.05, 0) is 43.1 Å². The van der Waals surface area contributed by atoms with Crippen LogP contribution in [0.1, 0.15) is 51.4 Å². The molecule has 0 bridgehead atoms. The Labute approximate surface area is 114 Å². The third-order valence-corrected chi connectivity index (χ3v) is 5.22. The van der Waals surface area contributed by atoms with E-state index in [0.717, 1.165) is 24.3 Å². The molecule has 1 heterocycles. The molecule has 0 aromatic rings. The highest BCUT2D eigenvalue weighted by Gasteiger charge is 2.30. The highest BCUT2D eigenvalue weighted by molar-refractivity contribution is 7.99. The first-order valence-corrected chi connectivity index (χ1v) is 8.40. The molecule has 0 aromatic carbocycles. The van der Waals surface area contributed by atoms with Crippen molar-refractivity contribution >= 4 is 17.7 Å². The molecule has 18 heavy (non-hydrogen) atoms. The lowest BCUT2D eigenvalue weighted by molar-refractivity contribution is -0.123. The fourth-order valence-corrected chi connectivity index (χ4v) is 4.17. The van der Waals surface area contributed by atoms with Crippen LogP contribution in [0, 0.1) is 5.92 Å². The van der Waals surface area contributed by atoms with Gasteiger partial charge in [-0.15, -0.1) is 0 Å². The number of thioether (sulfide) groups is 1. The van der Waals surface area contributed by atoms with Crippen molar-refractivity contribution in [1.82, 2.24) is 5.32 Å². The quantitative estimate of drug-likeness (QED) is 0.825. The molecule has 2 N–H and O–H groups in total. The fourth-order valence-electron chi connectivity index (χ4n) is 2.92. The summed E-state index contributed by atoms with van der Waals surface area (Å²) in [6.45, 7) is 0.444. The molecular formula is C14H25NO2S. The van der Waals surface area contributed by atoms with Gasteiger partial charge in [-0.2, -0.15) is 11.8 Å². The SMILES string of the molecule is O=C(CC1CCCCC1)NCC1(O)CCSCC1. The predicted octanol–water partition coefficient (Wildman–Crippen LogP) is 2.33. The first kappa shape index (κ1) is 14.2. The third-order valence-electron chi connectivity index (χ3n) is 4.24. The standard InChI is InChI=1S/C14H25NO2S/c16-13(10-12-4-2-1-3-5-12)15-11-14(17)6-8-18-9-7-14/h12,17H,1-11H2,(H,15,16). The second-order valence-corrected chi connectivity index (χ2v) is 7.05. The summed E-state index contributed by atoms with van der Waals surface area (Å²) < 4.78 is 0. The molecule has 0 radical (unpaired) electrons. The molecule has 1 saturated heterocycles. The van der Waals surface area contributed by atoms with Crippen LogP contribution in [0.2, 0.25) is 0 Å². The number of amides is 1. The van der Waals surface area contributed by atoms with Crippen LogP contribution in [0.4, 0.5) is 0 Å². The number of hydrogen-bond donors (Lipinski definition) is 2. The third kappa shape index (κ3) is 4.47. The van der Waals surface area contributed by atoms with E-state index in [1.165, 1.54) is 32.1 Å². The van der Waals surface area contributed by atoms with Gasteiger partial charge in [0.25, 0.3) is 0 Å². The van der Waals surface area contributed by atoms with Gasteiger partial charge in [-0.25, -0.2) is 0 Å². The predicted molar refractivity (Wildman–Crippen MR) is 75.7 cm³/mol. The second kappa shape index (κ2) is 6.80. The molecule has 2 aliphatic rings. The topological polar surface area (TPSA) is 49.3 Å². The maximum Gasteiger partial charge on any atom is 0.220 e. The molecule has 3 nitrogen and oxygen atoms in total. The van der Waals surface area contributed by atoms with Gasteiger partial charge in [-0.3, -0.25) is 4.79 Å². The normalized spacial score (nSPS) is 24.7. The van der Waals surface area contributed by atoms with Crippen molar-refractivity contribution in [3.8, 4) is 0 Å². The van der Waals surface area contributed by atoms with E-state index in [9.17, 15) is 9.90 Å². The van der Waals surface area contributed by atoms with Gasteiger partial charge in [0.1, 0.15) is 0 Å². The van der Waals surface area contributed by atoms with E-state index in [1.54, 1.807) is 0 Å². The molecule has 104 valence electrons. The van der Waals surface area contributed by atoms with Crippen LogP contribution in [0.25, 0.3) is 0 Å². The summed E-state index contributed by atoms with van der Waals surface area (Å²) in [6.07, 6.45) is 8.56. The van der Waals surface area contributed by atoms with Crippen LogP contribution < -0.4 is 5.32 Å². The van der Waals surface area contributed by atoms with Crippen LogP contribution in [-0.2, 0) is 4.79 Å². The van der Waals surface area contributed by atoms with Gasteiger partial charge in [0.05, 0.1) is 5.60 Å². The summed E-state index contributed by atoms with van der Waals surface area (Å²) in [5.74, 6) is 2.73. The Bertz CT molecular complexity index is 271. The minimum Gasteiger partial charge on any atom is -0.388 e. The van der Waals surface area contributed by atoms with Crippen LogP contribution in [-0.4, -0.2) is 34.7 Å². The maximum absolute atomic E-state index is 11.9.